The highest BCUT2D eigenvalue weighted by Crippen LogP contribution is 2.14. The van der Waals surface area contributed by atoms with Crippen LogP contribution in [-0.2, 0) is 0 Å². The van der Waals surface area contributed by atoms with Gasteiger partial charge in [-0.05, 0) is 20.8 Å². The molecule has 1 N–H and O–H groups in total. The van der Waals surface area contributed by atoms with Gasteiger partial charge in [0.1, 0.15) is 5.82 Å². The average molecular weight is 183 g/mol. The number of rotatable bonds is 2. The lowest BCUT2D eigenvalue weighted by Crippen LogP contribution is -2.06. The van der Waals surface area contributed by atoms with E-state index < -0.39 is 0 Å². The zero-order valence-corrected chi connectivity index (χ0v) is 9.55. The molecular weight excluding hydrogens is 162 g/mol. The second-order valence-corrected chi connectivity index (χ2v) is 2.96. The summed E-state index contributed by atoms with van der Waals surface area (Å²) in [6.45, 7) is 10.2. The summed E-state index contributed by atoms with van der Waals surface area (Å²) in [5.74, 6) is 1.08. The first-order chi connectivity index (χ1) is 6.15. The Hall–Kier alpha value is -0.990. The molecule has 0 aliphatic heterocycles. The maximum absolute atomic E-state index is 4.34. The summed E-state index contributed by atoms with van der Waals surface area (Å²) in [4.78, 5) is 0. The molecule has 0 aromatic carbocycles. The van der Waals surface area contributed by atoms with Gasteiger partial charge < -0.3 is 5.32 Å². The number of hydrogen-bond donors (Lipinski definition) is 1. The number of nitrogens with zero attached hydrogens (tertiary/aromatic N) is 2. The van der Waals surface area contributed by atoms with Crippen LogP contribution in [0.3, 0.4) is 0 Å². The van der Waals surface area contributed by atoms with Crippen molar-refractivity contribution in [1.82, 2.24) is 9.78 Å². The van der Waals surface area contributed by atoms with Gasteiger partial charge in [0.25, 0.3) is 0 Å². The second kappa shape index (κ2) is 5.62. The Morgan fingerprint density at radius 3 is 2.23 bits per heavy atom. The normalized spacial score (nSPS) is 9.46. The molecule has 0 amide bonds. The molecule has 1 heterocycles. The van der Waals surface area contributed by atoms with E-state index in [0.29, 0.717) is 6.04 Å². The van der Waals surface area contributed by atoms with E-state index in [0.717, 1.165) is 11.5 Å². The molecule has 0 unspecified atom stereocenters. The Labute approximate surface area is 81.1 Å². The molecule has 0 fully saturated rings. The topological polar surface area (TPSA) is 29.9 Å². The van der Waals surface area contributed by atoms with Gasteiger partial charge in [-0.15, -0.1) is 0 Å². The largest absolute Gasteiger partial charge is 0.373 e. The highest BCUT2D eigenvalue weighted by Gasteiger charge is 2.05. The molecule has 0 radical (unpaired) electrons. The van der Waals surface area contributed by atoms with E-state index in [1.165, 1.54) is 0 Å². The van der Waals surface area contributed by atoms with E-state index in [1.807, 2.05) is 38.6 Å². The van der Waals surface area contributed by atoms with Crippen molar-refractivity contribution in [3.63, 3.8) is 0 Å². The molecule has 0 bridgehead atoms. The lowest BCUT2D eigenvalue weighted by atomic mass is 10.4. The minimum Gasteiger partial charge on any atom is -0.373 e. The summed E-state index contributed by atoms with van der Waals surface area (Å²) in [5.41, 5.74) is 1.06. The third kappa shape index (κ3) is 3.09. The van der Waals surface area contributed by atoms with Crippen molar-refractivity contribution in [1.29, 1.82) is 0 Å². The summed E-state index contributed by atoms with van der Waals surface area (Å²) in [6, 6.07) is 2.46. The summed E-state index contributed by atoms with van der Waals surface area (Å²) in [5, 5.41) is 7.43. The van der Waals surface area contributed by atoms with Gasteiger partial charge in [0.15, 0.2) is 0 Å². The summed E-state index contributed by atoms with van der Waals surface area (Å²) < 4.78 is 1.98. The fourth-order valence-corrected chi connectivity index (χ4v) is 1.10. The third-order valence-electron chi connectivity index (χ3n) is 1.60. The Kier molecular flexibility index (Phi) is 5.19. The zero-order valence-electron chi connectivity index (χ0n) is 9.55. The van der Waals surface area contributed by atoms with Gasteiger partial charge in [-0.3, -0.25) is 0 Å². The van der Waals surface area contributed by atoms with Crippen LogP contribution in [0.2, 0.25) is 0 Å². The number of nitrogens with one attached hydrogen (secondary N) is 1. The minimum absolute atomic E-state index is 0.422. The van der Waals surface area contributed by atoms with E-state index in [4.69, 9.17) is 0 Å². The van der Waals surface area contributed by atoms with Crippen LogP contribution < -0.4 is 5.32 Å². The molecular formula is C10H21N3. The van der Waals surface area contributed by atoms with Crippen LogP contribution in [0.5, 0.6) is 0 Å². The average Bonchev–Trinajstić information content (AvgIpc) is 2.50. The Bertz CT molecular complexity index is 238. The van der Waals surface area contributed by atoms with Crippen LogP contribution in [0, 0.1) is 6.92 Å². The van der Waals surface area contributed by atoms with E-state index >= 15 is 0 Å². The van der Waals surface area contributed by atoms with Gasteiger partial charge in [-0.1, -0.05) is 13.8 Å². The molecule has 76 valence electrons. The van der Waals surface area contributed by atoms with Crippen LogP contribution in [0.4, 0.5) is 5.82 Å². The van der Waals surface area contributed by atoms with E-state index in [1.54, 1.807) is 0 Å². The molecule has 0 aliphatic carbocycles. The molecule has 13 heavy (non-hydrogen) atoms. The summed E-state index contributed by atoms with van der Waals surface area (Å²) in [7, 11) is 1.91. The monoisotopic (exact) mass is 183 g/mol. The third-order valence-corrected chi connectivity index (χ3v) is 1.60. The first-order valence-electron chi connectivity index (χ1n) is 4.89. The Morgan fingerprint density at radius 2 is 1.92 bits per heavy atom. The van der Waals surface area contributed by atoms with E-state index in [9.17, 15) is 0 Å². The SMILES string of the molecule is CC.CNc1cc(C)nn1C(C)C. The zero-order chi connectivity index (χ0) is 10.4. The highest BCUT2D eigenvalue weighted by atomic mass is 15.3. The second-order valence-electron chi connectivity index (χ2n) is 2.96. The van der Waals surface area contributed by atoms with Crippen molar-refractivity contribution in [3.8, 4) is 0 Å². The molecule has 0 atom stereocenters. The number of hydrogen-bond acceptors (Lipinski definition) is 2. The lowest BCUT2D eigenvalue weighted by Gasteiger charge is -2.09. The molecule has 3 nitrogen and oxygen atoms in total. The first kappa shape index (κ1) is 12.0. The summed E-state index contributed by atoms with van der Waals surface area (Å²) in [6.07, 6.45) is 0. The first-order valence-corrected chi connectivity index (χ1v) is 4.89. The molecule has 1 aromatic heterocycles. The van der Waals surface area contributed by atoms with Crippen LogP contribution in [0.1, 0.15) is 39.4 Å². The van der Waals surface area contributed by atoms with Crippen LogP contribution in [0.15, 0.2) is 6.07 Å². The number of anilines is 1. The molecule has 1 aromatic rings. The van der Waals surface area contributed by atoms with Gasteiger partial charge in [-0.25, -0.2) is 4.68 Å². The number of aryl methyl sites for hydroxylation is 1. The maximum Gasteiger partial charge on any atom is 0.124 e. The smallest absolute Gasteiger partial charge is 0.124 e. The van der Waals surface area contributed by atoms with Crippen LogP contribution in [-0.4, -0.2) is 16.8 Å². The van der Waals surface area contributed by atoms with Crippen LogP contribution in [0.25, 0.3) is 0 Å². The standard InChI is InChI=1S/C8H15N3.C2H6/c1-6(2)11-8(9-4)5-7(3)10-11;1-2/h5-6,9H,1-4H3;1-2H3. The Balaban J connectivity index is 0.000000671. The van der Waals surface area contributed by atoms with E-state index in [-0.39, 0.29) is 0 Å². The maximum atomic E-state index is 4.34. The fourth-order valence-electron chi connectivity index (χ4n) is 1.10. The highest BCUT2D eigenvalue weighted by molar-refractivity contribution is 5.36. The van der Waals surface area contributed by atoms with Crippen molar-refractivity contribution in [2.75, 3.05) is 12.4 Å². The quantitative estimate of drug-likeness (QED) is 0.764. The van der Waals surface area contributed by atoms with Gasteiger partial charge in [0, 0.05) is 19.2 Å². The van der Waals surface area contributed by atoms with E-state index in [2.05, 4.69) is 24.3 Å². The van der Waals surface area contributed by atoms with Crippen molar-refractivity contribution >= 4 is 5.82 Å². The predicted octanol–water partition coefficient (Wildman–Crippen LogP) is 2.84. The molecule has 0 spiro atoms. The number of aromatic nitrogens is 2. The molecule has 0 aliphatic rings. The van der Waals surface area contributed by atoms with Gasteiger partial charge in [0.2, 0.25) is 0 Å². The van der Waals surface area contributed by atoms with Crippen molar-refractivity contribution in [3.05, 3.63) is 11.8 Å². The molecule has 0 saturated heterocycles. The fraction of sp³-hybridized carbons (Fsp3) is 0.700. The molecule has 3 heteroatoms. The van der Waals surface area contributed by atoms with Gasteiger partial charge in [0.05, 0.1) is 5.69 Å². The summed E-state index contributed by atoms with van der Waals surface area (Å²) >= 11 is 0. The molecule has 1 rings (SSSR count). The molecule has 0 saturated carbocycles. The predicted molar refractivity (Wildman–Crippen MR) is 58.2 cm³/mol. The van der Waals surface area contributed by atoms with Gasteiger partial charge >= 0.3 is 0 Å². The van der Waals surface area contributed by atoms with Crippen molar-refractivity contribution in [2.45, 2.75) is 40.7 Å². The minimum atomic E-state index is 0.422. The van der Waals surface area contributed by atoms with Gasteiger partial charge in [-0.2, -0.15) is 5.10 Å². The Morgan fingerprint density at radius 1 is 1.38 bits per heavy atom. The van der Waals surface area contributed by atoms with Crippen molar-refractivity contribution < 1.29 is 0 Å². The lowest BCUT2D eigenvalue weighted by molar-refractivity contribution is 0.535. The van der Waals surface area contributed by atoms with Crippen LogP contribution >= 0.6 is 0 Å². The van der Waals surface area contributed by atoms with Crippen molar-refractivity contribution in [2.24, 2.45) is 0 Å².